The Labute approximate surface area is 130 Å². The zero-order chi connectivity index (χ0) is 14.6. The molecule has 0 saturated heterocycles. The molecule has 1 aromatic rings. The summed E-state index contributed by atoms with van der Waals surface area (Å²) in [5.74, 6) is 0.592. The van der Waals surface area contributed by atoms with Crippen LogP contribution in [0.4, 0.5) is 0 Å². The first-order chi connectivity index (χ1) is 9.77. The van der Waals surface area contributed by atoms with Crippen LogP contribution in [0, 0.1) is 0 Å². The van der Waals surface area contributed by atoms with E-state index < -0.39 is 0 Å². The summed E-state index contributed by atoms with van der Waals surface area (Å²) in [6.07, 6.45) is 10.9. The Morgan fingerprint density at radius 2 is 1.75 bits per heavy atom. The second-order valence-corrected chi connectivity index (χ2v) is 6.16. The second kappa shape index (κ2) is 11.2. The molecule has 1 aromatic carbocycles. The molecule has 0 bridgehead atoms. The minimum atomic E-state index is 0.592. The molecule has 1 rings (SSSR count). The average Bonchev–Trinajstić information content (AvgIpc) is 2.45. The molecule has 0 spiro atoms. The molecule has 0 amide bonds. The number of nitrogens with one attached hydrogen (secondary N) is 1. The van der Waals surface area contributed by atoms with E-state index in [0.717, 1.165) is 11.6 Å². The maximum Gasteiger partial charge on any atom is 0.0408 e. The third-order valence-corrected chi connectivity index (χ3v) is 4.16. The predicted molar refractivity (Wildman–Crippen MR) is 90.7 cm³/mol. The quantitative estimate of drug-likeness (QED) is 0.510. The van der Waals surface area contributed by atoms with Gasteiger partial charge in [-0.3, -0.25) is 0 Å². The highest BCUT2D eigenvalue weighted by Crippen LogP contribution is 2.24. The molecule has 20 heavy (non-hydrogen) atoms. The number of likely N-dealkylation sites (N-methyl/N-ethyl adjacent to an activating group) is 1. The van der Waals surface area contributed by atoms with Gasteiger partial charge in [0.25, 0.3) is 0 Å². The van der Waals surface area contributed by atoms with E-state index in [1.165, 1.54) is 56.9 Å². The van der Waals surface area contributed by atoms with Crippen molar-refractivity contribution in [3.8, 4) is 0 Å². The molecule has 1 nitrogen and oxygen atoms in total. The minimum Gasteiger partial charge on any atom is -0.319 e. The van der Waals surface area contributed by atoms with E-state index in [1.54, 1.807) is 0 Å². The van der Waals surface area contributed by atoms with Crippen molar-refractivity contribution >= 4 is 11.6 Å². The minimum absolute atomic E-state index is 0.592. The standard InChI is InChI=1S/C18H30ClN/c1-3-4-5-6-7-8-9-11-17(15-20-2)16-12-10-13-18(19)14-16/h10,12-14,17,20H,3-9,11,15H2,1-2H3. The van der Waals surface area contributed by atoms with Crippen LogP contribution in [0.2, 0.25) is 5.02 Å². The first-order valence-corrected chi connectivity index (χ1v) is 8.55. The van der Waals surface area contributed by atoms with Crippen molar-refractivity contribution in [1.29, 1.82) is 0 Å². The van der Waals surface area contributed by atoms with E-state index >= 15 is 0 Å². The lowest BCUT2D eigenvalue weighted by atomic mass is 9.93. The van der Waals surface area contributed by atoms with Crippen LogP contribution in [0.15, 0.2) is 24.3 Å². The fraction of sp³-hybridized carbons (Fsp3) is 0.667. The maximum atomic E-state index is 6.10. The molecule has 1 atom stereocenters. The Morgan fingerprint density at radius 1 is 1.05 bits per heavy atom. The van der Waals surface area contributed by atoms with Crippen LogP contribution >= 0.6 is 11.6 Å². The number of hydrogen-bond acceptors (Lipinski definition) is 1. The topological polar surface area (TPSA) is 12.0 Å². The van der Waals surface area contributed by atoms with Crippen LogP contribution in [-0.2, 0) is 0 Å². The molecule has 0 saturated carbocycles. The molecule has 1 N–H and O–H groups in total. The smallest absolute Gasteiger partial charge is 0.0408 e. The summed E-state index contributed by atoms with van der Waals surface area (Å²) in [4.78, 5) is 0. The van der Waals surface area contributed by atoms with Gasteiger partial charge in [0.2, 0.25) is 0 Å². The monoisotopic (exact) mass is 295 g/mol. The first-order valence-electron chi connectivity index (χ1n) is 8.18. The Bertz CT molecular complexity index is 351. The Hall–Kier alpha value is -0.530. The summed E-state index contributed by atoms with van der Waals surface area (Å²) >= 11 is 6.10. The van der Waals surface area contributed by atoms with Crippen LogP contribution in [0.3, 0.4) is 0 Å². The molecular weight excluding hydrogens is 266 g/mol. The molecule has 0 aliphatic heterocycles. The lowest BCUT2D eigenvalue weighted by molar-refractivity contribution is 0.519. The molecule has 0 aliphatic carbocycles. The summed E-state index contributed by atoms with van der Waals surface area (Å²) in [6, 6.07) is 8.33. The van der Waals surface area contributed by atoms with Gasteiger partial charge in [-0.2, -0.15) is 0 Å². The van der Waals surface area contributed by atoms with E-state index in [2.05, 4.69) is 30.4 Å². The van der Waals surface area contributed by atoms with E-state index in [1.807, 2.05) is 13.1 Å². The van der Waals surface area contributed by atoms with Gasteiger partial charge in [-0.15, -0.1) is 0 Å². The first kappa shape index (κ1) is 17.5. The lowest BCUT2D eigenvalue weighted by Crippen LogP contribution is -2.17. The largest absolute Gasteiger partial charge is 0.319 e. The molecular formula is C18H30ClN. The number of benzene rings is 1. The van der Waals surface area contributed by atoms with Crippen molar-refractivity contribution in [2.45, 2.75) is 64.2 Å². The third-order valence-electron chi connectivity index (χ3n) is 3.93. The van der Waals surface area contributed by atoms with Crippen molar-refractivity contribution in [2.24, 2.45) is 0 Å². The van der Waals surface area contributed by atoms with Gasteiger partial charge in [0.05, 0.1) is 0 Å². The normalized spacial score (nSPS) is 12.6. The highest BCUT2D eigenvalue weighted by atomic mass is 35.5. The molecule has 2 heteroatoms. The zero-order valence-electron chi connectivity index (χ0n) is 13.1. The third kappa shape index (κ3) is 7.31. The highest BCUT2D eigenvalue weighted by Gasteiger charge is 2.10. The van der Waals surface area contributed by atoms with Gasteiger partial charge in [0.1, 0.15) is 0 Å². The molecule has 0 fully saturated rings. The van der Waals surface area contributed by atoms with Crippen molar-refractivity contribution in [3.05, 3.63) is 34.9 Å². The van der Waals surface area contributed by atoms with Crippen molar-refractivity contribution in [3.63, 3.8) is 0 Å². The number of hydrogen-bond donors (Lipinski definition) is 1. The molecule has 0 aliphatic rings. The lowest BCUT2D eigenvalue weighted by Gasteiger charge is -2.17. The van der Waals surface area contributed by atoms with Gasteiger partial charge in [-0.1, -0.05) is 75.6 Å². The predicted octanol–water partition coefficient (Wildman–Crippen LogP) is 5.78. The number of unbranched alkanes of at least 4 members (excludes halogenated alkanes) is 6. The molecule has 114 valence electrons. The summed E-state index contributed by atoms with van der Waals surface area (Å²) in [7, 11) is 2.03. The highest BCUT2D eigenvalue weighted by molar-refractivity contribution is 6.30. The van der Waals surface area contributed by atoms with Crippen LogP contribution in [0.1, 0.15) is 69.8 Å². The van der Waals surface area contributed by atoms with Crippen LogP contribution in [0.5, 0.6) is 0 Å². The SMILES string of the molecule is CCCCCCCCCC(CNC)c1cccc(Cl)c1. The van der Waals surface area contributed by atoms with Crippen LogP contribution in [0.25, 0.3) is 0 Å². The molecule has 0 radical (unpaired) electrons. The number of rotatable bonds is 11. The van der Waals surface area contributed by atoms with E-state index in [9.17, 15) is 0 Å². The Morgan fingerprint density at radius 3 is 2.40 bits per heavy atom. The van der Waals surface area contributed by atoms with Crippen molar-refractivity contribution < 1.29 is 0 Å². The maximum absolute atomic E-state index is 6.10. The summed E-state index contributed by atoms with van der Waals surface area (Å²) in [6.45, 7) is 3.31. The molecule has 0 heterocycles. The van der Waals surface area contributed by atoms with E-state index in [-0.39, 0.29) is 0 Å². The van der Waals surface area contributed by atoms with Gasteiger partial charge < -0.3 is 5.32 Å². The molecule has 1 unspecified atom stereocenters. The van der Waals surface area contributed by atoms with Crippen molar-refractivity contribution in [2.75, 3.05) is 13.6 Å². The van der Waals surface area contributed by atoms with E-state index in [0.29, 0.717) is 5.92 Å². The summed E-state index contributed by atoms with van der Waals surface area (Å²) < 4.78 is 0. The Kier molecular flexibility index (Phi) is 9.78. The Balaban J connectivity index is 2.29. The fourth-order valence-electron chi connectivity index (χ4n) is 2.74. The van der Waals surface area contributed by atoms with E-state index in [4.69, 9.17) is 11.6 Å². The van der Waals surface area contributed by atoms with Gasteiger partial charge in [-0.05, 0) is 37.1 Å². The summed E-state index contributed by atoms with van der Waals surface area (Å²) in [5.41, 5.74) is 1.37. The zero-order valence-corrected chi connectivity index (χ0v) is 13.9. The van der Waals surface area contributed by atoms with Gasteiger partial charge >= 0.3 is 0 Å². The number of halogens is 1. The van der Waals surface area contributed by atoms with Crippen LogP contribution in [-0.4, -0.2) is 13.6 Å². The van der Waals surface area contributed by atoms with Gasteiger partial charge in [0, 0.05) is 11.6 Å². The van der Waals surface area contributed by atoms with Crippen molar-refractivity contribution in [1.82, 2.24) is 5.32 Å². The molecule has 0 aromatic heterocycles. The van der Waals surface area contributed by atoms with Gasteiger partial charge in [-0.25, -0.2) is 0 Å². The second-order valence-electron chi connectivity index (χ2n) is 5.72. The summed E-state index contributed by atoms with van der Waals surface area (Å²) in [5, 5.41) is 4.16. The van der Waals surface area contributed by atoms with Gasteiger partial charge in [0.15, 0.2) is 0 Å². The average molecular weight is 296 g/mol. The fourth-order valence-corrected chi connectivity index (χ4v) is 2.94. The van der Waals surface area contributed by atoms with Crippen LogP contribution < -0.4 is 5.32 Å².